The summed E-state index contributed by atoms with van der Waals surface area (Å²) in [5.74, 6) is -0.405. The molecule has 0 saturated carbocycles. The van der Waals surface area contributed by atoms with Crippen LogP contribution in [0.5, 0.6) is 0 Å². The van der Waals surface area contributed by atoms with E-state index < -0.39 is 12.0 Å². The Kier molecular flexibility index (Phi) is 7.14. The van der Waals surface area contributed by atoms with Gasteiger partial charge in [0.15, 0.2) is 0 Å². The first-order valence-electron chi connectivity index (χ1n) is 6.89. The van der Waals surface area contributed by atoms with Gasteiger partial charge in [0.2, 0.25) is 0 Å². The number of aromatic nitrogens is 1. The summed E-state index contributed by atoms with van der Waals surface area (Å²) in [7, 11) is 1.42. The zero-order chi connectivity index (χ0) is 17.4. The summed E-state index contributed by atoms with van der Waals surface area (Å²) in [6, 6.07) is 0. The number of carbonyl (C=O) groups excluding carboxylic acids is 2. The van der Waals surface area contributed by atoms with Gasteiger partial charge in [-0.15, -0.1) is 11.3 Å². The van der Waals surface area contributed by atoms with Crippen molar-refractivity contribution in [3.63, 3.8) is 0 Å². The number of hydrazine groups is 1. The number of hydrogen-bond donors (Lipinski definition) is 1. The van der Waals surface area contributed by atoms with Crippen LogP contribution in [-0.4, -0.2) is 42.4 Å². The van der Waals surface area contributed by atoms with Crippen LogP contribution in [0, 0.1) is 6.92 Å². The summed E-state index contributed by atoms with van der Waals surface area (Å²) in [4.78, 5) is 32.2. The van der Waals surface area contributed by atoms with E-state index in [1.54, 1.807) is 26.1 Å². The largest absolute Gasteiger partial charge is 0.449 e. The van der Waals surface area contributed by atoms with E-state index in [-0.39, 0.29) is 6.61 Å². The standard InChI is InChI=1S/C15H20N4O3S/c1-6-22-15(21)19(5)18-13(20)12-11(3)17-14(23-12)10(2)8-7-9-16-4/h7-9H,4,6H2,1-3,5H3,(H,18,20)/b9-7-,10-8+. The first-order chi connectivity index (χ1) is 10.9. The number of rotatable bonds is 5. The number of allylic oxidation sites excluding steroid dienone is 3. The van der Waals surface area contributed by atoms with Gasteiger partial charge >= 0.3 is 6.09 Å². The van der Waals surface area contributed by atoms with Crippen molar-refractivity contribution >= 4 is 35.6 Å². The van der Waals surface area contributed by atoms with Crippen molar-refractivity contribution in [1.29, 1.82) is 0 Å². The number of thiazole rings is 1. The van der Waals surface area contributed by atoms with E-state index in [0.717, 1.165) is 15.6 Å². The molecule has 124 valence electrons. The summed E-state index contributed by atoms with van der Waals surface area (Å²) < 4.78 is 4.80. The van der Waals surface area contributed by atoms with Gasteiger partial charge in [0.05, 0.1) is 12.3 Å². The summed E-state index contributed by atoms with van der Waals surface area (Å²) in [6.45, 7) is 8.91. The van der Waals surface area contributed by atoms with E-state index in [0.29, 0.717) is 10.6 Å². The molecule has 1 aromatic heterocycles. The Hall–Kier alpha value is -2.48. The maximum atomic E-state index is 12.2. The number of nitrogens with zero attached hydrogens (tertiary/aromatic N) is 3. The zero-order valence-corrected chi connectivity index (χ0v) is 14.4. The molecule has 0 bridgehead atoms. The summed E-state index contributed by atoms with van der Waals surface area (Å²) in [6.07, 6.45) is 4.51. The van der Waals surface area contributed by atoms with Crippen LogP contribution in [0.1, 0.15) is 34.2 Å². The van der Waals surface area contributed by atoms with Crippen LogP contribution in [0.3, 0.4) is 0 Å². The number of aryl methyl sites for hydroxylation is 1. The van der Waals surface area contributed by atoms with Gasteiger partial charge in [0.25, 0.3) is 5.91 Å². The number of amides is 2. The number of ether oxygens (including phenoxy) is 1. The molecule has 0 saturated heterocycles. The minimum atomic E-state index is -0.624. The highest BCUT2D eigenvalue weighted by Gasteiger charge is 2.19. The van der Waals surface area contributed by atoms with Crippen molar-refractivity contribution in [1.82, 2.24) is 15.4 Å². The van der Waals surface area contributed by atoms with E-state index in [9.17, 15) is 9.59 Å². The molecule has 0 aliphatic rings. The molecular weight excluding hydrogens is 316 g/mol. The lowest BCUT2D eigenvalue weighted by Crippen LogP contribution is -2.43. The fourth-order valence-electron chi connectivity index (χ4n) is 1.56. The molecule has 8 heteroatoms. The van der Waals surface area contributed by atoms with Crippen LogP contribution >= 0.6 is 11.3 Å². The fourth-order valence-corrected chi connectivity index (χ4v) is 2.50. The van der Waals surface area contributed by atoms with E-state index >= 15 is 0 Å². The van der Waals surface area contributed by atoms with Gasteiger partial charge in [-0.25, -0.2) is 14.8 Å². The summed E-state index contributed by atoms with van der Waals surface area (Å²) >= 11 is 1.25. The Balaban J connectivity index is 2.87. The number of nitrogens with one attached hydrogen (secondary N) is 1. The van der Waals surface area contributed by atoms with Crippen LogP contribution in [0.15, 0.2) is 23.3 Å². The van der Waals surface area contributed by atoms with E-state index in [4.69, 9.17) is 4.74 Å². The van der Waals surface area contributed by atoms with Gasteiger partial charge in [-0.05, 0) is 39.1 Å². The van der Waals surface area contributed by atoms with Gasteiger partial charge < -0.3 is 4.74 Å². The van der Waals surface area contributed by atoms with Gasteiger partial charge in [0.1, 0.15) is 9.88 Å². The zero-order valence-electron chi connectivity index (χ0n) is 13.6. The molecule has 2 amide bonds. The van der Waals surface area contributed by atoms with Gasteiger partial charge in [-0.1, -0.05) is 6.08 Å². The summed E-state index contributed by atoms with van der Waals surface area (Å²) in [5.41, 5.74) is 3.95. The van der Waals surface area contributed by atoms with Crippen LogP contribution in [-0.2, 0) is 4.74 Å². The number of carbonyl (C=O) groups is 2. The van der Waals surface area contributed by atoms with Crippen molar-refractivity contribution in [2.45, 2.75) is 20.8 Å². The van der Waals surface area contributed by atoms with E-state index in [2.05, 4.69) is 22.1 Å². The Morgan fingerprint density at radius 1 is 1.52 bits per heavy atom. The van der Waals surface area contributed by atoms with Gasteiger partial charge in [-0.3, -0.25) is 15.2 Å². The van der Waals surface area contributed by atoms with Crippen LogP contribution in [0.2, 0.25) is 0 Å². The first-order valence-corrected chi connectivity index (χ1v) is 7.70. The average Bonchev–Trinajstić information content (AvgIpc) is 2.89. The Morgan fingerprint density at radius 3 is 2.83 bits per heavy atom. The molecule has 0 atom stereocenters. The van der Waals surface area contributed by atoms with Crippen molar-refractivity contribution in [2.75, 3.05) is 13.7 Å². The molecule has 0 spiro atoms. The average molecular weight is 336 g/mol. The van der Waals surface area contributed by atoms with Gasteiger partial charge in [0, 0.05) is 13.2 Å². The van der Waals surface area contributed by atoms with E-state index in [1.165, 1.54) is 18.4 Å². The second-order valence-electron chi connectivity index (χ2n) is 4.51. The summed E-state index contributed by atoms with van der Waals surface area (Å²) in [5, 5.41) is 1.73. The molecule has 1 heterocycles. The predicted molar refractivity (Wildman–Crippen MR) is 91.4 cm³/mol. The SMILES string of the molecule is C=N/C=C\C=C(/C)c1nc(C)c(C(=O)NN(C)C(=O)OCC)s1. The highest BCUT2D eigenvalue weighted by atomic mass is 32.1. The minimum Gasteiger partial charge on any atom is -0.449 e. The number of hydrogen-bond acceptors (Lipinski definition) is 6. The quantitative estimate of drug-likeness (QED) is 0.509. The molecule has 0 aromatic carbocycles. The fraction of sp³-hybridized carbons (Fsp3) is 0.333. The Morgan fingerprint density at radius 2 is 2.22 bits per heavy atom. The molecule has 1 rings (SSSR count). The second-order valence-corrected chi connectivity index (χ2v) is 5.51. The number of aliphatic imine (C=N–C) groups is 1. The molecule has 0 fully saturated rings. The van der Waals surface area contributed by atoms with Crippen molar-refractivity contribution in [3.8, 4) is 0 Å². The van der Waals surface area contributed by atoms with Crippen molar-refractivity contribution in [2.24, 2.45) is 4.99 Å². The molecule has 7 nitrogen and oxygen atoms in total. The Bertz CT molecular complexity index is 649. The highest BCUT2D eigenvalue weighted by molar-refractivity contribution is 7.14. The third kappa shape index (κ3) is 5.33. The smallest absolute Gasteiger partial charge is 0.428 e. The predicted octanol–water partition coefficient (Wildman–Crippen LogP) is 2.80. The maximum absolute atomic E-state index is 12.2. The normalized spacial score (nSPS) is 11.4. The molecule has 0 unspecified atom stereocenters. The highest BCUT2D eigenvalue weighted by Crippen LogP contribution is 2.24. The molecule has 0 radical (unpaired) electrons. The third-order valence-electron chi connectivity index (χ3n) is 2.69. The monoisotopic (exact) mass is 336 g/mol. The van der Waals surface area contributed by atoms with E-state index in [1.807, 2.05) is 13.0 Å². The Labute approximate surface area is 139 Å². The lowest BCUT2D eigenvalue weighted by Gasteiger charge is -2.16. The molecular formula is C15H20N4O3S. The lowest BCUT2D eigenvalue weighted by atomic mass is 10.3. The molecule has 1 N–H and O–H groups in total. The minimum absolute atomic E-state index is 0.236. The molecule has 0 aliphatic carbocycles. The molecule has 1 aromatic rings. The molecule has 23 heavy (non-hydrogen) atoms. The third-order valence-corrected chi connectivity index (χ3v) is 3.98. The van der Waals surface area contributed by atoms with Crippen molar-refractivity contribution in [3.05, 3.63) is 33.9 Å². The van der Waals surface area contributed by atoms with Crippen molar-refractivity contribution < 1.29 is 14.3 Å². The van der Waals surface area contributed by atoms with Crippen LogP contribution in [0.25, 0.3) is 5.57 Å². The van der Waals surface area contributed by atoms with Crippen LogP contribution < -0.4 is 5.43 Å². The second kappa shape index (κ2) is 8.84. The molecule has 0 aliphatic heterocycles. The maximum Gasteiger partial charge on any atom is 0.428 e. The topological polar surface area (TPSA) is 83.9 Å². The lowest BCUT2D eigenvalue weighted by molar-refractivity contribution is 0.0727. The van der Waals surface area contributed by atoms with Crippen LogP contribution in [0.4, 0.5) is 4.79 Å². The van der Waals surface area contributed by atoms with Gasteiger partial charge in [-0.2, -0.15) is 0 Å². The first kappa shape index (κ1) is 18.6.